The van der Waals surface area contributed by atoms with E-state index >= 15 is 0 Å². The number of hydrogen-bond acceptors (Lipinski definition) is 8. The van der Waals surface area contributed by atoms with Crippen molar-refractivity contribution < 1.29 is 9.59 Å². The zero-order valence-corrected chi connectivity index (χ0v) is 23.4. The zero-order chi connectivity index (χ0) is 28.6. The van der Waals surface area contributed by atoms with Gasteiger partial charge in [-0.05, 0) is 58.1 Å². The second-order valence-electron chi connectivity index (χ2n) is 9.18. The maximum Gasteiger partial charge on any atom is 0.246 e. The van der Waals surface area contributed by atoms with E-state index in [-0.39, 0.29) is 11.8 Å². The van der Waals surface area contributed by atoms with Crippen LogP contribution in [-0.4, -0.2) is 78.4 Å². The summed E-state index contributed by atoms with van der Waals surface area (Å²) in [6.45, 7) is 5.64. The van der Waals surface area contributed by atoms with E-state index < -0.39 is 6.04 Å². The van der Waals surface area contributed by atoms with E-state index in [9.17, 15) is 9.59 Å². The van der Waals surface area contributed by atoms with E-state index in [0.717, 1.165) is 18.7 Å². The minimum atomic E-state index is -0.576. The number of carbonyl (C=O) groups excluding carboxylic acids is 2. The van der Waals surface area contributed by atoms with Gasteiger partial charge in [0.05, 0.1) is 23.4 Å². The number of likely N-dealkylation sites (N-methyl/N-ethyl adjacent to an activating group) is 2. The van der Waals surface area contributed by atoms with Crippen LogP contribution in [0.15, 0.2) is 42.6 Å². The molecule has 0 bridgehead atoms. The van der Waals surface area contributed by atoms with Crippen molar-refractivity contribution in [1.82, 2.24) is 25.1 Å². The second-order valence-corrected chi connectivity index (χ2v) is 9.18. The highest BCUT2D eigenvalue weighted by molar-refractivity contribution is 5.92. The first kappa shape index (κ1) is 30.8. The lowest BCUT2D eigenvalue weighted by Crippen LogP contribution is -2.45. The van der Waals surface area contributed by atoms with Crippen LogP contribution in [0.25, 0.3) is 0 Å². The van der Waals surface area contributed by atoms with Crippen LogP contribution in [0.3, 0.4) is 0 Å². The monoisotopic (exact) mass is 530 g/mol. The Hall–Kier alpha value is -4.41. The van der Waals surface area contributed by atoms with Crippen LogP contribution in [0.5, 0.6) is 0 Å². The molecule has 0 fully saturated rings. The summed E-state index contributed by atoms with van der Waals surface area (Å²) in [5.74, 6) is 6.91. The van der Waals surface area contributed by atoms with Gasteiger partial charge in [-0.2, -0.15) is 10.2 Å². The number of rotatable bonds is 13. The maximum absolute atomic E-state index is 12.4. The van der Waals surface area contributed by atoms with E-state index in [1.165, 1.54) is 11.0 Å². The van der Waals surface area contributed by atoms with Gasteiger partial charge in [0, 0.05) is 44.9 Å². The van der Waals surface area contributed by atoms with Crippen molar-refractivity contribution in [3.8, 4) is 17.9 Å². The molecule has 206 valence electrons. The fourth-order valence-corrected chi connectivity index (χ4v) is 3.21. The Kier molecular flexibility index (Phi) is 13.0. The van der Waals surface area contributed by atoms with Crippen LogP contribution < -0.4 is 16.0 Å². The van der Waals surface area contributed by atoms with E-state index in [0.29, 0.717) is 48.8 Å². The number of aromatic nitrogens is 2. The summed E-state index contributed by atoms with van der Waals surface area (Å²) in [5, 5.41) is 18.3. The summed E-state index contributed by atoms with van der Waals surface area (Å²) in [4.78, 5) is 37.0. The molecule has 0 aliphatic heterocycles. The van der Waals surface area contributed by atoms with Gasteiger partial charge in [0.2, 0.25) is 17.8 Å². The number of nitrogens with one attached hydrogen (secondary N) is 3. The van der Waals surface area contributed by atoms with Crippen molar-refractivity contribution in [3.05, 3.63) is 53.7 Å². The van der Waals surface area contributed by atoms with Crippen molar-refractivity contribution >= 4 is 29.3 Å². The van der Waals surface area contributed by atoms with Crippen molar-refractivity contribution in [1.29, 1.82) is 5.26 Å². The molecule has 2 aromatic rings. The van der Waals surface area contributed by atoms with Gasteiger partial charge in [-0.1, -0.05) is 24.8 Å². The second kappa shape index (κ2) is 16.4. The molecule has 0 aliphatic carbocycles. The first-order valence-electron chi connectivity index (χ1n) is 13.0. The Balaban J connectivity index is 1.88. The predicted octanol–water partition coefficient (Wildman–Crippen LogP) is 3.13. The molecular formula is C29H38N8O2. The fourth-order valence-electron chi connectivity index (χ4n) is 3.21. The molecule has 1 atom stereocenters. The van der Waals surface area contributed by atoms with Gasteiger partial charge < -0.3 is 25.8 Å². The largest absolute Gasteiger partial charge is 0.369 e. The lowest BCUT2D eigenvalue weighted by molar-refractivity contribution is -0.135. The number of benzene rings is 1. The maximum atomic E-state index is 12.4. The van der Waals surface area contributed by atoms with Crippen LogP contribution in [0.2, 0.25) is 0 Å². The number of amides is 2. The number of hydrogen-bond donors (Lipinski definition) is 3. The number of nitrogens with zero attached hydrogens (tertiary/aromatic N) is 5. The molecule has 0 unspecified atom stereocenters. The smallest absolute Gasteiger partial charge is 0.246 e. The summed E-state index contributed by atoms with van der Waals surface area (Å²) in [6, 6.07) is 8.57. The molecule has 2 rings (SSSR count). The molecule has 1 heterocycles. The van der Waals surface area contributed by atoms with E-state index in [4.69, 9.17) is 5.26 Å². The third-order valence-electron chi connectivity index (χ3n) is 5.64. The highest BCUT2D eigenvalue weighted by Gasteiger charge is 2.20. The SMILES string of the molecule is CCCNc1nc(Nc2ccc(C#N)cc2)ncc1C#CCCCNC(=O)[C@H](C)N(C)C(=O)/C=C/CN(C)C. The standard InChI is InChI=1S/C29H38N8O2/c1-6-17-31-27-24(21-33-29(35-27)34-25-15-13-23(20-30)14-16-25)11-8-7-9-18-32-28(39)22(2)37(5)26(38)12-10-19-36(3)4/h10,12-16,21-22H,6-7,9,17-19H2,1-5H3,(H,32,39)(H2,31,33,34,35)/b12-10+/t22-/m0/s1. The van der Waals surface area contributed by atoms with Gasteiger partial charge in [0.1, 0.15) is 11.9 Å². The minimum absolute atomic E-state index is 0.204. The number of anilines is 3. The quantitative estimate of drug-likeness (QED) is 0.205. The summed E-state index contributed by atoms with van der Waals surface area (Å²) < 4.78 is 0. The molecule has 0 aliphatic rings. The van der Waals surface area contributed by atoms with Gasteiger partial charge in [-0.25, -0.2) is 4.98 Å². The van der Waals surface area contributed by atoms with Crippen molar-refractivity contribution in [2.75, 3.05) is 51.4 Å². The zero-order valence-electron chi connectivity index (χ0n) is 23.4. The summed E-state index contributed by atoms with van der Waals surface area (Å²) in [7, 11) is 5.46. The number of unbranched alkanes of at least 4 members (excludes halogenated alkanes) is 1. The van der Waals surface area contributed by atoms with Crippen LogP contribution >= 0.6 is 0 Å². The minimum Gasteiger partial charge on any atom is -0.369 e. The lowest BCUT2D eigenvalue weighted by atomic mass is 10.2. The van der Waals surface area contributed by atoms with Crippen LogP contribution in [0.1, 0.15) is 44.2 Å². The van der Waals surface area contributed by atoms with E-state index in [1.807, 2.05) is 19.0 Å². The Morgan fingerprint density at radius 2 is 1.90 bits per heavy atom. The topological polar surface area (TPSA) is 126 Å². The summed E-state index contributed by atoms with van der Waals surface area (Å²) in [5.41, 5.74) is 2.05. The molecule has 0 spiro atoms. The van der Waals surface area contributed by atoms with E-state index in [1.54, 1.807) is 50.5 Å². The summed E-state index contributed by atoms with van der Waals surface area (Å²) >= 11 is 0. The third kappa shape index (κ3) is 10.8. The van der Waals surface area contributed by atoms with Gasteiger partial charge in [0.15, 0.2) is 0 Å². The molecule has 10 heteroatoms. The molecule has 1 aromatic heterocycles. The molecule has 10 nitrogen and oxygen atoms in total. The predicted molar refractivity (Wildman–Crippen MR) is 154 cm³/mol. The number of nitriles is 1. The normalized spacial score (nSPS) is 11.3. The lowest BCUT2D eigenvalue weighted by Gasteiger charge is -2.23. The van der Waals surface area contributed by atoms with Gasteiger partial charge >= 0.3 is 0 Å². The first-order chi connectivity index (χ1) is 18.7. The number of carbonyl (C=O) groups is 2. The molecule has 39 heavy (non-hydrogen) atoms. The van der Waals surface area contributed by atoms with Gasteiger partial charge in [-0.15, -0.1) is 0 Å². The average molecular weight is 531 g/mol. The molecular weight excluding hydrogens is 492 g/mol. The molecule has 1 aromatic carbocycles. The van der Waals surface area contributed by atoms with Crippen molar-refractivity contribution in [3.63, 3.8) is 0 Å². The highest BCUT2D eigenvalue weighted by atomic mass is 16.2. The van der Waals surface area contributed by atoms with Gasteiger partial charge in [0.25, 0.3) is 0 Å². The first-order valence-corrected chi connectivity index (χ1v) is 13.0. The molecule has 3 N–H and O–H groups in total. The molecule has 0 saturated carbocycles. The molecule has 2 amide bonds. The van der Waals surface area contributed by atoms with Crippen molar-refractivity contribution in [2.45, 2.75) is 39.2 Å². The Morgan fingerprint density at radius 3 is 2.56 bits per heavy atom. The Morgan fingerprint density at radius 1 is 1.15 bits per heavy atom. The average Bonchev–Trinajstić information content (AvgIpc) is 2.93. The fraction of sp³-hybridized carbons (Fsp3) is 0.414. The van der Waals surface area contributed by atoms with Crippen LogP contribution in [-0.2, 0) is 9.59 Å². The van der Waals surface area contributed by atoms with Gasteiger partial charge in [-0.3, -0.25) is 9.59 Å². The Bertz CT molecular complexity index is 1220. The van der Waals surface area contributed by atoms with Crippen molar-refractivity contribution in [2.24, 2.45) is 0 Å². The third-order valence-corrected chi connectivity index (χ3v) is 5.64. The molecule has 0 radical (unpaired) electrons. The van der Waals surface area contributed by atoms with Crippen LogP contribution in [0.4, 0.5) is 17.5 Å². The highest BCUT2D eigenvalue weighted by Crippen LogP contribution is 2.18. The van der Waals surface area contributed by atoms with Crippen LogP contribution in [0, 0.1) is 23.2 Å². The summed E-state index contributed by atoms with van der Waals surface area (Å²) in [6.07, 6.45) is 7.11. The van der Waals surface area contributed by atoms with E-state index in [2.05, 4.69) is 50.8 Å². The Labute approximate surface area is 231 Å². The molecule has 0 saturated heterocycles.